The number of imidazole rings is 1. The smallest absolute Gasteiger partial charge is 0.276 e. The summed E-state index contributed by atoms with van der Waals surface area (Å²) in [4.78, 5) is 16.1. The van der Waals surface area contributed by atoms with Crippen LogP contribution in [0.5, 0.6) is 0 Å². The van der Waals surface area contributed by atoms with E-state index in [4.69, 9.17) is 5.26 Å². The molecule has 0 bridgehead atoms. The van der Waals surface area contributed by atoms with Crippen LogP contribution in [0.2, 0.25) is 0 Å². The highest BCUT2D eigenvalue weighted by Crippen LogP contribution is 2.14. The molecule has 0 radical (unpaired) electrons. The molecule has 1 N–H and O–H groups in total. The Morgan fingerprint density at radius 3 is 2.73 bits per heavy atom. The predicted molar refractivity (Wildman–Crippen MR) is 78.3 cm³/mol. The average Bonchev–Trinajstić information content (AvgIpc) is 3.10. The fraction of sp³-hybridized carbons (Fsp3) is 0. The molecule has 106 valence electrons. The van der Waals surface area contributed by atoms with E-state index in [1.54, 1.807) is 59.7 Å². The maximum Gasteiger partial charge on any atom is 0.276 e. The topological polar surface area (TPSA) is 96.5 Å². The summed E-state index contributed by atoms with van der Waals surface area (Å²) in [5.74, 6) is 0.138. The molecule has 0 aliphatic carbocycles. The molecule has 0 spiro atoms. The Hall–Kier alpha value is -3.53. The number of anilines is 1. The van der Waals surface area contributed by atoms with Crippen molar-refractivity contribution in [3.63, 3.8) is 0 Å². The number of benzene rings is 1. The number of para-hydroxylation sites is 1. The van der Waals surface area contributed by atoms with E-state index < -0.39 is 5.91 Å². The van der Waals surface area contributed by atoms with Crippen molar-refractivity contribution in [2.75, 3.05) is 5.32 Å². The lowest BCUT2D eigenvalue weighted by molar-refractivity contribution is 0.102. The molecular weight excluding hydrogens is 280 g/mol. The molecular formula is C15H10N6O. The van der Waals surface area contributed by atoms with Crippen LogP contribution in [0.3, 0.4) is 0 Å². The van der Waals surface area contributed by atoms with Gasteiger partial charge in [-0.15, -0.1) is 10.2 Å². The lowest BCUT2D eigenvalue weighted by Gasteiger charge is -2.06. The first kappa shape index (κ1) is 13.5. The van der Waals surface area contributed by atoms with E-state index in [9.17, 15) is 4.79 Å². The lowest BCUT2D eigenvalue weighted by atomic mass is 10.2. The Morgan fingerprint density at radius 2 is 2.05 bits per heavy atom. The standard InChI is InChI=1S/C15H10N6O/c16-9-11-3-1-2-4-12(11)18-15(22)13-5-6-14(20-19-13)21-8-7-17-10-21/h1-8,10H,(H,18,22). The fourth-order valence-electron chi connectivity index (χ4n) is 1.85. The first-order valence-electron chi connectivity index (χ1n) is 6.40. The minimum Gasteiger partial charge on any atom is -0.319 e. The van der Waals surface area contributed by atoms with Gasteiger partial charge in [0.15, 0.2) is 11.5 Å². The van der Waals surface area contributed by atoms with Gasteiger partial charge in [0, 0.05) is 12.4 Å². The third kappa shape index (κ3) is 2.66. The second kappa shape index (κ2) is 5.85. The van der Waals surface area contributed by atoms with Gasteiger partial charge >= 0.3 is 0 Å². The van der Waals surface area contributed by atoms with Crippen molar-refractivity contribution in [1.29, 1.82) is 5.26 Å². The number of nitriles is 1. The van der Waals surface area contributed by atoms with Gasteiger partial charge in [0.25, 0.3) is 5.91 Å². The second-order valence-electron chi connectivity index (χ2n) is 4.36. The first-order valence-corrected chi connectivity index (χ1v) is 6.40. The molecule has 3 rings (SSSR count). The van der Waals surface area contributed by atoms with Crippen LogP contribution in [0.25, 0.3) is 5.82 Å². The Balaban J connectivity index is 1.80. The number of amides is 1. The first-order chi connectivity index (χ1) is 10.8. The van der Waals surface area contributed by atoms with Crippen molar-refractivity contribution >= 4 is 11.6 Å². The molecule has 2 aromatic heterocycles. The van der Waals surface area contributed by atoms with E-state index in [0.717, 1.165) is 0 Å². The molecule has 22 heavy (non-hydrogen) atoms. The summed E-state index contributed by atoms with van der Waals surface area (Å²) < 4.78 is 1.68. The zero-order chi connectivity index (χ0) is 15.4. The molecule has 0 aliphatic heterocycles. The molecule has 0 saturated heterocycles. The summed E-state index contributed by atoms with van der Waals surface area (Å²) in [7, 11) is 0. The van der Waals surface area contributed by atoms with E-state index in [1.807, 2.05) is 6.07 Å². The van der Waals surface area contributed by atoms with Crippen LogP contribution < -0.4 is 5.32 Å². The van der Waals surface area contributed by atoms with Gasteiger partial charge in [-0.05, 0) is 24.3 Å². The largest absolute Gasteiger partial charge is 0.319 e. The Kier molecular flexibility index (Phi) is 3.58. The van der Waals surface area contributed by atoms with Gasteiger partial charge in [-0.3, -0.25) is 9.36 Å². The normalized spacial score (nSPS) is 9.95. The molecule has 7 heteroatoms. The molecule has 7 nitrogen and oxygen atoms in total. The number of hydrogen-bond donors (Lipinski definition) is 1. The van der Waals surface area contributed by atoms with Gasteiger partial charge in [0.05, 0.1) is 11.3 Å². The monoisotopic (exact) mass is 290 g/mol. The number of nitrogens with zero attached hydrogens (tertiary/aromatic N) is 5. The Labute approximate surface area is 125 Å². The third-order valence-electron chi connectivity index (χ3n) is 2.95. The fourth-order valence-corrected chi connectivity index (χ4v) is 1.85. The van der Waals surface area contributed by atoms with Gasteiger partial charge in [0.1, 0.15) is 12.4 Å². The van der Waals surface area contributed by atoms with Crippen LogP contribution in [-0.4, -0.2) is 25.7 Å². The van der Waals surface area contributed by atoms with Crippen molar-refractivity contribution in [1.82, 2.24) is 19.7 Å². The Morgan fingerprint density at radius 1 is 1.18 bits per heavy atom. The highest BCUT2D eigenvalue weighted by molar-refractivity contribution is 6.03. The number of rotatable bonds is 3. The molecule has 0 fully saturated rings. The quantitative estimate of drug-likeness (QED) is 0.793. The molecule has 0 saturated carbocycles. The van der Waals surface area contributed by atoms with Gasteiger partial charge < -0.3 is 5.32 Å². The van der Waals surface area contributed by atoms with Crippen molar-refractivity contribution in [2.45, 2.75) is 0 Å². The van der Waals surface area contributed by atoms with E-state index in [0.29, 0.717) is 17.1 Å². The summed E-state index contributed by atoms with van der Waals surface area (Å²) in [6, 6.07) is 12.0. The number of aromatic nitrogens is 4. The summed E-state index contributed by atoms with van der Waals surface area (Å²) in [6.07, 6.45) is 4.95. The molecule has 1 aromatic carbocycles. The van der Waals surface area contributed by atoms with Crippen LogP contribution in [0.4, 0.5) is 5.69 Å². The van der Waals surface area contributed by atoms with E-state index >= 15 is 0 Å². The summed E-state index contributed by atoms with van der Waals surface area (Å²) >= 11 is 0. The van der Waals surface area contributed by atoms with Crippen LogP contribution in [0.1, 0.15) is 16.1 Å². The second-order valence-corrected chi connectivity index (χ2v) is 4.36. The zero-order valence-electron chi connectivity index (χ0n) is 11.3. The highest BCUT2D eigenvalue weighted by Gasteiger charge is 2.11. The van der Waals surface area contributed by atoms with Gasteiger partial charge in [0.2, 0.25) is 0 Å². The SMILES string of the molecule is N#Cc1ccccc1NC(=O)c1ccc(-n2ccnc2)nn1. The molecule has 3 aromatic rings. The zero-order valence-corrected chi connectivity index (χ0v) is 11.3. The Bertz CT molecular complexity index is 833. The predicted octanol–water partition coefficient (Wildman–Crippen LogP) is 1.79. The van der Waals surface area contributed by atoms with E-state index in [2.05, 4.69) is 20.5 Å². The minimum atomic E-state index is -0.424. The third-order valence-corrected chi connectivity index (χ3v) is 2.95. The molecule has 0 aliphatic rings. The number of hydrogen-bond acceptors (Lipinski definition) is 5. The van der Waals surface area contributed by atoms with E-state index in [-0.39, 0.29) is 5.69 Å². The van der Waals surface area contributed by atoms with Crippen molar-refractivity contribution < 1.29 is 4.79 Å². The summed E-state index contributed by atoms with van der Waals surface area (Å²) in [5, 5.41) is 19.5. The molecule has 0 atom stereocenters. The molecule has 1 amide bonds. The average molecular weight is 290 g/mol. The summed E-state index contributed by atoms with van der Waals surface area (Å²) in [5.41, 5.74) is 0.992. The molecule has 0 unspecified atom stereocenters. The number of carbonyl (C=O) groups excluding carboxylic acids is 1. The van der Waals surface area contributed by atoms with Crippen LogP contribution in [-0.2, 0) is 0 Å². The van der Waals surface area contributed by atoms with E-state index in [1.165, 1.54) is 0 Å². The van der Waals surface area contributed by atoms with Crippen molar-refractivity contribution in [2.24, 2.45) is 0 Å². The minimum absolute atomic E-state index is 0.164. The lowest BCUT2D eigenvalue weighted by Crippen LogP contribution is -2.15. The van der Waals surface area contributed by atoms with Gasteiger partial charge in [-0.2, -0.15) is 5.26 Å². The highest BCUT2D eigenvalue weighted by atomic mass is 16.1. The van der Waals surface area contributed by atoms with Gasteiger partial charge in [-0.1, -0.05) is 12.1 Å². The van der Waals surface area contributed by atoms with Crippen molar-refractivity contribution in [3.05, 3.63) is 66.4 Å². The van der Waals surface area contributed by atoms with Crippen LogP contribution >= 0.6 is 0 Å². The van der Waals surface area contributed by atoms with Gasteiger partial charge in [-0.25, -0.2) is 4.98 Å². The number of nitrogens with one attached hydrogen (secondary N) is 1. The summed E-state index contributed by atoms with van der Waals surface area (Å²) in [6.45, 7) is 0. The maximum absolute atomic E-state index is 12.1. The molecule has 2 heterocycles. The number of carbonyl (C=O) groups is 1. The van der Waals surface area contributed by atoms with Crippen LogP contribution in [0.15, 0.2) is 55.1 Å². The van der Waals surface area contributed by atoms with Crippen LogP contribution in [0, 0.1) is 11.3 Å². The van der Waals surface area contributed by atoms with Crippen molar-refractivity contribution in [3.8, 4) is 11.9 Å². The maximum atomic E-state index is 12.1.